The predicted molar refractivity (Wildman–Crippen MR) is 110 cm³/mol. The van der Waals surface area contributed by atoms with Crippen LogP contribution in [-0.2, 0) is 0 Å². The third kappa shape index (κ3) is 3.32. The first-order chi connectivity index (χ1) is 13.3. The van der Waals surface area contributed by atoms with Crippen molar-refractivity contribution in [3.8, 4) is 22.3 Å². The summed E-state index contributed by atoms with van der Waals surface area (Å²) >= 11 is 0. The van der Waals surface area contributed by atoms with Crippen LogP contribution in [-0.4, -0.2) is 9.78 Å². The predicted octanol–water partition coefficient (Wildman–Crippen LogP) is 5.19. The highest BCUT2D eigenvalue weighted by molar-refractivity contribution is 5.82. The fraction of sp³-hybridized carbons (Fsp3) is 0.0833. The molecule has 1 atom stereocenters. The fourth-order valence-corrected chi connectivity index (χ4v) is 3.34. The molecule has 0 saturated heterocycles. The van der Waals surface area contributed by atoms with Gasteiger partial charge in [0, 0.05) is 5.56 Å². The van der Waals surface area contributed by atoms with Crippen LogP contribution >= 0.6 is 0 Å². The van der Waals surface area contributed by atoms with Crippen LogP contribution in [0.4, 0.5) is 0 Å². The standard InChI is InChI=1S/C24H20N2O/c1-18(19-11-5-2-6-12-19)26-24(27)23(21-15-9-4-10-16-21)22(17-25-26)20-13-7-3-8-14-20/h2-18H,1H3. The van der Waals surface area contributed by atoms with Gasteiger partial charge in [0.25, 0.3) is 5.56 Å². The van der Waals surface area contributed by atoms with E-state index in [1.807, 2.05) is 97.9 Å². The first-order valence-electron chi connectivity index (χ1n) is 9.03. The van der Waals surface area contributed by atoms with Crippen molar-refractivity contribution >= 4 is 0 Å². The minimum atomic E-state index is -0.147. The van der Waals surface area contributed by atoms with Crippen molar-refractivity contribution in [1.29, 1.82) is 0 Å². The Kier molecular flexibility index (Phi) is 4.67. The van der Waals surface area contributed by atoms with Gasteiger partial charge in [-0.05, 0) is 23.6 Å². The molecule has 0 aliphatic rings. The highest BCUT2D eigenvalue weighted by atomic mass is 16.1. The number of hydrogen-bond donors (Lipinski definition) is 0. The molecule has 4 rings (SSSR count). The Balaban J connectivity index is 1.94. The molecular weight excluding hydrogens is 332 g/mol. The van der Waals surface area contributed by atoms with E-state index in [1.54, 1.807) is 10.9 Å². The molecule has 0 spiro atoms. The monoisotopic (exact) mass is 352 g/mol. The molecular formula is C24H20N2O. The number of benzene rings is 3. The topological polar surface area (TPSA) is 34.9 Å². The lowest BCUT2D eigenvalue weighted by Crippen LogP contribution is -2.28. The number of hydrogen-bond acceptors (Lipinski definition) is 2. The van der Waals surface area contributed by atoms with E-state index in [2.05, 4.69) is 5.10 Å². The Bertz CT molecular complexity index is 1090. The van der Waals surface area contributed by atoms with E-state index in [4.69, 9.17) is 0 Å². The van der Waals surface area contributed by atoms with Crippen LogP contribution in [0.1, 0.15) is 18.5 Å². The summed E-state index contributed by atoms with van der Waals surface area (Å²) in [6.45, 7) is 2.00. The summed E-state index contributed by atoms with van der Waals surface area (Å²) in [4.78, 5) is 13.5. The van der Waals surface area contributed by atoms with Crippen LogP contribution in [0.5, 0.6) is 0 Å². The highest BCUT2D eigenvalue weighted by Crippen LogP contribution is 2.29. The lowest BCUT2D eigenvalue weighted by molar-refractivity contribution is 0.533. The normalized spacial score (nSPS) is 11.9. The average Bonchev–Trinajstić information content (AvgIpc) is 2.75. The Labute approximate surface area is 158 Å². The van der Waals surface area contributed by atoms with Crippen LogP contribution < -0.4 is 5.56 Å². The van der Waals surface area contributed by atoms with Crippen molar-refractivity contribution < 1.29 is 0 Å². The molecule has 132 valence electrons. The Morgan fingerprint density at radius 1 is 0.741 bits per heavy atom. The molecule has 0 bridgehead atoms. The van der Waals surface area contributed by atoms with Crippen molar-refractivity contribution in [3.05, 3.63) is 113 Å². The summed E-state index contributed by atoms with van der Waals surface area (Å²) in [6, 6.07) is 29.6. The van der Waals surface area contributed by atoms with Crippen molar-refractivity contribution in [2.24, 2.45) is 0 Å². The van der Waals surface area contributed by atoms with Gasteiger partial charge in [0.15, 0.2) is 0 Å². The van der Waals surface area contributed by atoms with E-state index in [0.29, 0.717) is 5.56 Å². The molecule has 3 heteroatoms. The molecule has 3 nitrogen and oxygen atoms in total. The fourth-order valence-electron chi connectivity index (χ4n) is 3.34. The number of nitrogens with zero attached hydrogens (tertiary/aromatic N) is 2. The van der Waals surface area contributed by atoms with Gasteiger partial charge >= 0.3 is 0 Å². The first kappa shape index (κ1) is 17.0. The van der Waals surface area contributed by atoms with Crippen molar-refractivity contribution in [3.63, 3.8) is 0 Å². The minimum absolute atomic E-state index is 0.0843. The van der Waals surface area contributed by atoms with Gasteiger partial charge in [0.1, 0.15) is 0 Å². The average molecular weight is 352 g/mol. The molecule has 27 heavy (non-hydrogen) atoms. The second kappa shape index (κ2) is 7.42. The molecule has 1 aromatic heterocycles. The summed E-state index contributed by atoms with van der Waals surface area (Å²) < 4.78 is 1.57. The van der Waals surface area contributed by atoms with Crippen LogP contribution in [0.3, 0.4) is 0 Å². The van der Waals surface area contributed by atoms with E-state index in [1.165, 1.54) is 0 Å². The van der Waals surface area contributed by atoms with Gasteiger partial charge in [-0.3, -0.25) is 4.79 Å². The number of aromatic nitrogens is 2. The van der Waals surface area contributed by atoms with E-state index < -0.39 is 0 Å². The van der Waals surface area contributed by atoms with E-state index in [0.717, 1.165) is 22.3 Å². The lowest BCUT2D eigenvalue weighted by Gasteiger charge is -2.17. The summed E-state index contributed by atoms with van der Waals surface area (Å²) in [6.07, 6.45) is 1.80. The zero-order chi connectivity index (χ0) is 18.6. The molecule has 0 N–H and O–H groups in total. The Morgan fingerprint density at radius 3 is 1.85 bits per heavy atom. The quantitative estimate of drug-likeness (QED) is 0.507. The largest absolute Gasteiger partial charge is 0.275 e. The van der Waals surface area contributed by atoms with Crippen LogP contribution in [0.25, 0.3) is 22.3 Å². The third-order valence-corrected chi connectivity index (χ3v) is 4.80. The molecule has 3 aromatic carbocycles. The molecule has 4 aromatic rings. The van der Waals surface area contributed by atoms with Crippen molar-refractivity contribution in [2.45, 2.75) is 13.0 Å². The third-order valence-electron chi connectivity index (χ3n) is 4.80. The van der Waals surface area contributed by atoms with Crippen LogP contribution in [0, 0.1) is 0 Å². The summed E-state index contributed by atoms with van der Waals surface area (Å²) in [5, 5.41) is 4.52. The highest BCUT2D eigenvalue weighted by Gasteiger charge is 2.18. The molecule has 0 amide bonds. The summed E-state index contributed by atoms with van der Waals surface area (Å²) in [7, 11) is 0. The van der Waals surface area contributed by atoms with Gasteiger partial charge in [-0.15, -0.1) is 0 Å². The van der Waals surface area contributed by atoms with E-state index >= 15 is 0 Å². The zero-order valence-corrected chi connectivity index (χ0v) is 15.1. The van der Waals surface area contributed by atoms with E-state index in [-0.39, 0.29) is 11.6 Å². The molecule has 0 aliphatic heterocycles. The van der Waals surface area contributed by atoms with Gasteiger partial charge in [0.05, 0.1) is 17.8 Å². The smallest absolute Gasteiger partial charge is 0.267 e. The second-order valence-corrected chi connectivity index (χ2v) is 6.50. The van der Waals surface area contributed by atoms with Gasteiger partial charge in [-0.25, -0.2) is 4.68 Å². The van der Waals surface area contributed by atoms with Crippen molar-refractivity contribution in [1.82, 2.24) is 9.78 Å². The molecule has 0 fully saturated rings. The Hall–Kier alpha value is -3.46. The molecule has 0 radical (unpaired) electrons. The van der Waals surface area contributed by atoms with Gasteiger partial charge in [0.2, 0.25) is 0 Å². The van der Waals surface area contributed by atoms with Crippen LogP contribution in [0.15, 0.2) is 102 Å². The van der Waals surface area contributed by atoms with Gasteiger partial charge < -0.3 is 0 Å². The Morgan fingerprint density at radius 2 is 1.26 bits per heavy atom. The molecule has 1 heterocycles. The SMILES string of the molecule is CC(c1ccccc1)n1ncc(-c2ccccc2)c(-c2ccccc2)c1=O. The first-order valence-corrected chi connectivity index (χ1v) is 9.03. The second-order valence-electron chi connectivity index (χ2n) is 6.50. The van der Waals surface area contributed by atoms with Gasteiger partial charge in [-0.1, -0.05) is 91.0 Å². The molecule has 1 unspecified atom stereocenters. The number of rotatable bonds is 4. The maximum Gasteiger partial charge on any atom is 0.275 e. The van der Waals surface area contributed by atoms with Crippen molar-refractivity contribution in [2.75, 3.05) is 0 Å². The molecule has 0 saturated carbocycles. The maximum absolute atomic E-state index is 13.5. The lowest BCUT2D eigenvalue weighted by atomic mass is 9.97. The summed E-state index contributed by atoms with van der Waals surface area (Å²) in [5.74, 6) is 0. The van der Waals surface area contributed by atoms with E-state index in [9.17, 15) is 4.79 Å². The van der Waals surface area contributed by atoms with Gasteiger partial charge in [-0.2, -0.15) is 5.10 Å². The molecule has 0 aliphatic carbocycles. The maximum atomic E-state index is 13.5. The van der Waals surface area contributed by atoms with Crippen LogP contribution in [0.2, 0.25) is 0 Å². The zero-order valence-electron chi connectivity index (χ0n) is 15.1. The minimum Gasteiger partial charge on any atom is -0.267 e. The summed E-state index contributed by atoms with van der Waals surface area (Å²) in [5.41, 5.74) is 4.39.